The van der Waals surface area contributed by atoms with Gasteiger partial charge in [-0.05, 0) is 44.0 Å². The molecule has 2 aromatic heterocycles. The van der Waals surface area contributed by atoms with E-state index in [4.69, 9.17) is 4.98 Å². The lowest BCUT2D eigenvalue weighted by Gasteiger charge is -2.05. The smallest absolute Gasteiger partial charge is 0.227 e. The van der Waals surface area contributed by atoms with Crippen LogP contribution in [0.3, 0.4) is 0 Å². The number of thiophene rings is 1. The number of carbonyl (C=O) groups excluding carboxylic acids is 1. The summed E-state index contributed by atoms with van der Waals surface area (Å²) in [7, 11) is 0. The first-order valence-electron chi connectivity index (χ1n) is 7.63. The van der Waals surface area contributed by atoms with Gasteiger partial charge in [0.15, 0.2) is 0 Å². The highest BCUT2D eigenvalue weighted by molar-refractivity contribution is 7.16. The van der Waals surface area contributed by atoms with Crippen molar-refractivity contribution in [1.29, 1.82) is 0 Å². The Morgan fingerprint density at radius 3 is 2.87 bits per heavy atom. The molecular formula is C18H16N2OS2. The number of nitrogens with zero attached hydrogens (tertiary/aromatic N) is 1. The standard InChI is InChI=1S/C18H16N2OS2/c1-11-5-8-16(23-11)15-10-22-18(20-15)13-3-2-4-14(9-13)19-17(21)12-6-7-12/h2-5,8-10,12H,6-7H2,1H3,(H,19,21). The molecule has 0 bridgehead atoms. The van der Waals surface area contributed by atoms with Crippen LogP contribution in [0.1, 0.15) is 17.7 Å². The van der Waals surface area contributed by atoms with Crippen molar-refractivity contribution in [2.24, 2.45) is 5.92 Å². The minimum Gasteiger partial charge on any atom is -0.326 e. The fraction of sp³-hybridized carbons (Fsp3) is 0.222. The van der Waals surface area contributed by atoms with E-state index in [-0.39, 0.29) is 11.8 Å². The molecule has 1 aliphatic rings. The first-order chi connectivity index (χ1) is 11.2. The topological polar surface area (TPSA) is 42.0 Å². The first-order valence-corrected chi connectivity index (χ1v) is 9.32. The van der Waals surface area contributed by atoms with Gasteiger partial charge in [-0.25, -0.2) is 4.98 Å². The Kier molecular flexibility index (Phi) is 3.75. The third kappa shape index (κ3) is 3.21. The highest BCUT2D eigenvalue weighted by atomic mass is 32.1. The van der Waals surface area contributed by atoms with E-state index in [0.717, 1.165) is 34.8 Å². The highest BCUT2D eigenvalue weighted by Gasteiger charge is 2.29. The van der Waals surface area contributed by atoms with Crippen LogP contribution >= 0.6 is 22.7 Å². The van der Waals surface area contributed by atoms with Crippen molar-refractivity contribution in [2.75, 3.05) is 5.32 Å². The molecule has 0 atom stereocenters. The van der Waals surface area contributed by atoms with Crippen molar-refractivity contribution < 1.29 is 4.79 Å². The van der Waals surface area contributed by atoms with Crippen LogP contribution in [-0.2, 0) is 4.79 Å². The molecule has 3 nitrogen and oxygen atoms in total. The average molecular weight is 340 g/mol. The summed E-state index contributed by atoms with van der Waals surface area (Å²) < 4.78 is 0. The van der Waals surface area contributed by atoms with Gasteiger partial charge in [0.2, 0.25) is 5.91 Å². The van der Waals surface area contributed by atoms with Crippen molar-refractivity contribution in [3.8, 4) is 21.1 Å². The molecule has 0 spiro atoms. The summed E-state index contributed by atoms with van der Waals surface area (Å²) in [5.74, 6) is 0.350. The molecule has 1 amide bonds. The molecule has 0 aliphatic heterocycles. The van der Waals surface area contributed by atoms with E-state index in [1.807, 2.05) is 24.3 Å². The number of rotatable bonds is 4. The van der Waals surface area contributed by atoms with Gasteiger partial charge < -0.3 is 5.32 Å². The molecule has 1 fully saturated rings. The molecule has 116 valence electrons. The molecule has 23 heavy (non-hydrogen) atoms. The van der Waals surface area contributed by atoms with E-state index in [1.54, 1.807) is 22.7 Å². The Balaban J connectivity index is 1.58. The molecule has 1 aliphatic carbocycles. The van der Waals surface area contributed by atoms with Crippen LogP contribution in [0, 0.1) is 12.8 Å². The zero-order valence-electron chi connectivity index (χ0n) is 12.7. The summed E-state index contributed by atoms with van der Waals surface area (Å²) >= 11 is 3.39. The van der Waals surface area contributed by atoms with Crippen molar-refractivity contribution in [2.45, 2.75) is 19.8 Å². The number of nitrogens with one attached hydrogen (secondary N) is 1. The van der Waals surface area contributed by atoms with Crippen molar-refractivity contribution in [3.05, 3.63) is 46.7 Å². The normalized spacial score (nSPS) is 14.0. The van der Waals surface area contributed by atoms with E-state index in [9.17, 15) is 4.79 Å². The zero-order valence-corrected chi connectivity index (χ0v) is 14.3. The lowest BCUT2D eigenvalue weighted by Crippen LogP contribution is -2.13. The van der Waals surface area contributed by atoms with Crippen LogP contribution in [0.25, 0.3) is 21.1 Å². The van der Waals surface area contributed by atoms with Gasteiger partial charge in [0.25, 0.3) is 0 Å². The summed E-state index contributed by atoms with van der Waals surface area (Å²) in [6.45, 7) is 2.10. The van der Waals surface area contributed by atoms with E-state index in [2.05, 4.69) is 29.8 Å². The SMILES string of the molecule is Cc1ccc(-c2csc(-c3cccc(NC(=O)C4CC4)c3)n2)s1. The maximum absolute atomic E-state index is 11.9. The third-order valence-electron chi connectivity index (χ3n) is 3.82. The Morgan fingerprint density at radius 2 is 2.13 bits per heavy atom. The lowest BCUT2D eigenvalue weighted by molar-refractivity contribution is -0.117. The number of hydrogen-bond donors (Lipinski definition) is 1. The average Bonchev–Trinajstić information content (AvgIpc) is 3.13. The van der Waals surface area contributed by atoms with Gasteiger partial charge in [-0.2, -0.15) is 0 Å². The first kappa shape index (κ1) is 14.6. The molecule has 5 heteroatoms. The van der Waals surface area contributed by atoms with Crippen molar-refractivity contribution >= 4 is 34.3 Å². The molecule has 0 unspecified atom stereocenters. The monoisotopic (exact) mass is 340 g/mol. The van der Waals surface area contributed by atoms with Crippen LogP contribution in [0.4, 0.5) is 5.69 Å². The van der Waals surface area contributed by atoms with Gasteiger partial charge in [0.1, 0.15) is 5.01 Å². The van der Waals surface area contributed by atoms with Crippen LogP contribution in [-0.4, -0.2) is 10.9 Å². The van der Waals surface area contributed by atoms with E-state index in [0.29, 0.717) is 0 Å². The summed E-state index contributed by atoms with van der Waals surface area (Å²) in [5.41, 5.74) is 2.92. The molecule has 3 aromatic rings. The van der Waals surface area contributed by atoms with Crippen LogP contribution in [0.2, 0.25) is 0 Å². The van der Waals surface area contributed by atoms with Gasteiger partial charge in [0.05, 0.1) is 10.6 Å². The molecule has 4 rings (SSSR count). The molecule has 2 heterocycles. The number of benzene rings is 1. The predicted molar refractivity (Wildman–Crippen MR) is 97.0 cm³/mol. The van der Waals surface area contributed by atoms with E-state index >= 15 is 0 Å². The number of anilines is 1. The summed E-state index contributed by atoms with van der Waals surface area (Å²) in [6, 6.07) is 12.2. The van der Waals surface area contributed by atoms with Gasteiger partial charge in [-0.15, -0.1) is 22.7 Å². The second-order valence-electron chi connectivity index (χ2n) is 5.79. The minimum atomic E-state index is 0.135. The second kappa shape index (κ2) is 5.91. The number of carbonyl (C=O) groups is 1. The summed E-state index contributed by atoms with van der Waals surface area (Å²) in [6.07, 6.45) is 2.03. The third-order valence-corrected chi connectivity index (χ3v) is 5.74. The van der Waals surface area contributed by atoms with E-state index < -0.39 is 0 Å². The largest absolute Gasteiger partial charge is 0.326 e. The molecular weight excluding hydrogens is 324 g/mol. The zero-order chi connectivity index (χ0) is 15.8. The number of amides is 1. The minimum absolute atomic E-state index is 0.135. The van der Waals surface area contributed by atoms with Gasteiger partial charge in [-0.1, -0.05) is 12.1 Å². The van der Waals surface area contributed by atoms with Crippen molar-refractivity contribution in [3.63, 3.8) is 0 Å². The number of hydrogen-bond acceptors (Lipinski definition) is 4. The van der Waals surface area contributed by atoms with Crippen molar-refractivity contribution in [1.82, 2.24) is 4.98 Å². The maximum atomic E-state index is 11.9. The Hall–Kier alpha value is -1.98. The Bertz CT molecular complexity index is 861. The molecule has 1 aromatic carbocycles. The van der Waals surface area contributed by atoms with Crippen LogP contribution in [0.5, 0.6) is 0 Å². The molecule has 0 saturated heterocycles. The Labute approximate surface area is 143 Å². The number of aryl methyl sites for hydroxylation is 1. The van der Waals surface area contributed by atoms with Crippen LogP contribution in [0.15, 0.2) is 41.8 Å². The molecule has 0 radical (unpaired) electrons. The van der Waals surface area contributed by atoms with Crippen LogP contribution < -0.4 is 5.32 Å². The van der Waals surface area contributed by atoms with E-state index in [1.165, 1.54) is 9.75 Å². The predicted octanol–water partition coefficient (Wildman–Crippen LogP) is 5.20. The number of aromatic nitrogens is 1. The molecule has 1 saturated carbocycles. The summed E-state index contributed by atoms with van der Waals surface area (Å²) in [5, 5.41) is 6.07. The Morgan fingerprint density at radius 1 is 1.26 bits per heavy atom. The molecule has 1 N–H and O–H groups in total. The fourth-order valence-corrected chi connectivity index (χ4v) is 4.13. The fourth-order valence-electron chi connectivity index (χ4n) is 2.41. The number of thiazole rings is 1. The highest BCUT2D eigenvalue weighted by Crippen LogP contribution is 2.34. The van der Waals surface area contributed by atoms with Gasteiger partial charge >= 0.3 is 0 Å². The maximum Gasteiger partial charge on any atom is 0.227 e. The quantitative estimate of drug-likeness (QED) is 0.709. The van der Waals surface area contributed by atoms with Gasteiger partial charge in [0, 0.05) is 27.4 Å². The van der Waals surface area contributed by atoms with Gasteiger partial charge in [-0.3, -0.25) is 4.79 Å². The lowest BCUT2D eigenvalue weighted by atomic mass is 10.2. The second-order valence-corrected chi connectivity index (χ2v) is 7.94. The summed E-state index contributed by atoms with van der Waals surface area (Å²) in [4.78, 5) is 19.1.